The molecule has 8 nitrogen and oxygen atoms in total. The van der Waals surface area contributed by atoms with Crippen molar-refractivity contribution >= 4 is 17.8 Å². The van der Waals surface area contributed by atoms with E-state index >= 15 is 0 Å². The zero-order valence-electron chi connectivity index (χ0n) is 14.6. The molecule has 1 N–H and O–H groups in total. The number of nitrogens with zero attached hydrogens (tertiary/aromatic N) is 2. The van der Waals surface area contributed by atoms with Crippen LogP contribution in [0.1, 0.15) is 12.0 Å². The highest BCUT2D eigenvalue weighted by atomic mass is 16.5. The Morgan fingerprint density at radius 3 is 2.69 bits per heavy atom. The number of likely N-dealkylation sites (tertiary alicyclic amines) is 1. The number of methoxy groups -OCH3 is 1. The minimum absolute atomic E-state index is 0.0166. The Bertz CT molecular complexity index is 689. The average Bonchev–Trinajstić information content (AvgIpc) is 3.02. The molecule has 8 heteroatoms. The summed E-state index contributed by atoms with van der Waals surface area (Å²) in [7, 11) is 1.59. The number of hydrogen-bond donors (Lipinski definition) is 1. The van der Waals surface area contributed by atoms with Crippen molar-refractivity contribution in [2.45, 2.75) is 19.0 Å². The Morgan fingerprint density at radius 1 is 1.31 bits per heavy atom. The topological polar surface area (TPSA) is 96.4 Å². The van der Waals surface area contributed by atoms with Gasteiger partial charge in [-0.2, -0.15) is 0 Å². The standard InChI is InChI=1S/C18H22N2O6/c1-25-14-4-2-12(3-5-14)9-19-10-13(8-16(19)21)17(22)20-6-7-26-11-15(20)18(23)24/h2-5,13,15H,6-11H2,1H3,(H,23,24). The van der Waals surface area contributed by atoms with Crippen LogP contribution in [-0.2, 0) is 25.7 Å². The highest BCUT2D eigenvalue weighted by molar-refractivity contribution is 5.91. The number of morpholine rings is 1. The van der Waals surface area contributed by atoms with Crippen LogP contribution in [0.25, 0.3) is 0 Å². The second-order valence-corrected chi connectivity index (χ2v) is 6.48. The van der Waals surface area contributed by atoms with E-state index in [1.807, 2.05) is 24.3 Å². The largest absolute Gasteiger partial charge is 0.497 e. The molecule has 140 valence electrons. The number of ether oxygens (including phenoxy) is 2. The van der Waals surface area contributed by atoms with E-state index in [1.54, 1.807) is 12.0 Å². The molecule has 3 rings (SSSR count). The average molecular weight is 362 g/mol. The minimum atomic E-state index is -1.09. The summed E-state index contributed by atoms with van der Waals surface area (Å²) in [4.78, 5) is 39.4. The first-order valence-corrected chi connectivity index (χ1v) is 8.51. The van der Waals surface area contributed by atoms with Crippen LogP contribution in [0, 0.1) is 5.92 Å². The van der Waals surface area contributed by atoms with E-state index in [9.17, 15) is 19.5 Å². The molecule has 0 aromatic heterocycles. The molecule has 26 heavy (non-hydrogen) atoms. The zero-order valence-corrected chi connectivity index (χ0v) is 14.6. The van der Waals surface area contributed by atoms with Gasteiger partial charge in [-0.05, 0) is 17.7 Å². The second kappa shape index (κ2) is 7.74. The Hall–Kier alpha value is -2.61. The lowest BCUT2D eigenvalue weighted by Gasteiger charge is -2.34. The number of carboxylic acid groups (broad SMARTS) is 1. The van der Waals surface area contributed by atoms with Crippen LogP contribution in [0.4, 0.5) is 0 Å². The number of aliphatic carboxylic acids is 1. The predicted octanol–water partition coefficient (Wildman–Crippen LogP) is 0.356. The lowest BCUT2D eigenvalue weighted by molar-refractivity contribution is -0.160. The number of hydrogen-bond acceptors (Lipinski definition) is 5. The summed E-state index contributed by atoms with van der Waals surface area (Å²) in [5.41, 5.74) is 0.946. The maximum atomic E-state index is 12.8. The van der Waals surface area contributed by atoms with Crippen molar-refractivity contribution in [3.05, 3.63) is 29.8 Å². The normalized spacial score (nSPS) is 23.2. The van der Waals surface area contributed by atoms with Gasteiger partial charge in [-0.1, -0.05) is 12.1 Å². The van der Waals surface area contributed by atoms with E-state index in [0.29, 0.717) is 19.7 Å². The predicted molar refractivity (Wildman–Crippen MR) is 90.5 cm³/mol. The van der Waals surface area contributed by atoms with Crippen molar-refractivity contribution in [2.24, 2.45) is 5.92 Å². The van der Waals surface area contributed by atoms with Crippen molar-refractivity contribution in [1.82, 2.24) is 9.80 Å². The summed E-state index contributed by atoms with van der Waals surface area (Å²) in [5, 5.41) is 9.28. The van der Waals surface area contributed by atoms with Crippen LogP contribution >= 0.6 is 0 Å². The van der Waals surface area contributed by atoms with Crippen LogP contribution in [0.5, 0.6) is 5.75 Å². The molecule has 0 aliphatic carbocycles. The fourth-order valence-corrected chi connectivity index (χ4v) is 3.35. The van der Waals surface area contributed by atoms with Gasteiger partial charge >= 0.3 is 5.97 Å². The van der Waals surface area contributed by atoms with Gasteiger partial charge in [-0.25, -0.2) is 4.79 Å². The fraction of sp³-hybridized carbons (Fsp3) is 0.500. The molecule has 2 aliphatic heterocycles. The van der Waals surface area contributed by atoms with Crippen molar-refractivity contribution in [2.75, 3.05) is 33.4 Å². The smallest absolute Gasteiger partial charge is 0.328 e. The van der Waals surface area contributed by atoms with Crippen molar-refractivity contribution < 1.29 is 29.0 Å². The maximum Gasteiger partial charge on any atom is 0.328 e. The molecular formula is C18H22N2O6. The van der Waals surface area contributed by atoms with E-state index in [4.69, 9.17) is 9.47 Å². The van der Waals surface area contributed by atoms with Gasteiger partial charge in [0.2, 0.25) is 11.8 Å². The molecule has 2 aliphatic rings. The molecule has 2 unspecified atom stereocenters. The van der Waals surface area contributed by atoms with Crippen molar-refractivity contribution in [3.63, 3.8) is 0 Å². The monoisotopic (exact) mass is 362 g/mol. The quantitative estimate of drug-likeness (QED) is 0.812. The minimum Gasteiger partial charge on any atom is -0.497 e. The molecule has 0 radical (unpaired) electrons. The van der Waals surface area contributed by atoms with Crippen LogP contribution in [-0.4, -0.2) is 72.1 Å². The number of carboxylic acids is 1. The molecule has 0 spiro atoms. The maximum absolute atomic E-state index is 12.8. The van der Waals surface area contributed by atoms with Gasteiger partial charge in [0.15, 0.2) is 6.04 Å². The molecule has 1 aromatic rings. The van der Waals surface area contributed by atoms with E-state index in [1.165, 1.54) is 4.90 Å². The first-order valence-electron chi connectivity index (χ1n) is 8.51. The third kappa shape index (κ3) is 3.80. The van der Waals surface area contributed by atoms with Gasteiger partial charge in [-0.15, -0.1) is 0 Å². The zero-order chi connectivity index (χ0) is 18.7. The molecule has 0 bridgehead atoms. The number of benzene rings is 1. The van der Waals surface area contributed by atoms with Crippen LogP contribution in [0.2, 0.25) is 0 Å². The highest BCUT2D eigenvalue weighted by Gasteiger charge is 2.41. The molecule has 0 saturated carbocycles. The molecule has 2 atom stereocenters. The fourth-order valence-electron chi connectivity index (χ4n) is 3.35. The summed E-state index contributed by atoms with van der Waals surface area (Å²) >= 11 is 0. The Kier molecular flexibility index (Phi) is 5.41. The third-order valence-electron chi connectivity index (χ3n) is 4.79. The van der Waals surface area contributed by atoms with Crippen molar-refractivity contribution in [1.29, 1.82) is 0 Å². The lowest BCUT2D eigenvalue weighted by atomic mass is 10.1. The van der Waals surface area contributed by atoms with Gasteiger partial charge in [0, 0.05) is 26.1 Å². The molecular weight excluding hydrogens is 340 g/mol. The molecule has 2 amide bonds. The van der Waals surface area contributed by atoms with Crippen molar-refractivity contribution in [3.8, 4) is 5.75 Å². The molecule has 2 saturated heterocycles. The number of amides is 2. The first kappa shape index (κ1) is 18.2. The van der Waals surface area contributed by atoms with Gasteiger partial charge in [-0.3, -0.25) is 9.59 Å². The second-order valence-electron chi connectivity index (χ2n) is 6.48. The summed E-state index contributed by atoms with van der Waals surface area (Å²) in [5.74, 6) is -1.25. The lowest BCUT2D eigenvalue weighted by Crippen LogP contribution is -2.54. The molecule has 2 heterocycles. The number of rotatable bonds is 5. The summed E-state index contributed by atoms with van der Waals surface area (Å²) in [6, 6.07) is 6.42. The number of carbonyl (C=O) groups is 3. The van der Waals surface area contributed by atoms with E-state index < -0.39 is 17.9 Å². The summed E-state index contributed by atoms with van der Waals surface area (Å²) < 4.78 is 10.3. The van der Waals surface area contributed by atoms with E-state index in [0.717, 1.165) is 11.3 Å². The highest BCUT2D eigenvalue weighted by Crippen LogP contribution is 2.24. The molecule has 1 aromatic carbocycles. The van der Waals surface area contributed by atoms with Gasteiger partial charge in [0.25, 0.3) is 0 Å². The van der Waals surface area contributed by atoms with E-state index in [-0.39, 0.29) is 31.4 Å². The van der Waals surface area contributed by atoms with Gasteiger partial charge < -0.3 is 24.4 Å². The van der Waals surface area contributed by atoms with Crippen LogP contribution < -0.4 is 4.74 Å². The first-order chi connectivity index (χ1) is 12.5. The van der Waals surface area contributed by atoms with Gasteiger partial charge in [0.1, 0.15) is 5.75 Å². The SMILES string of the molecule is COc1ccc(CN2CC(C(=O)N3CCOCC3C(=O)O)CC2=O)cc1. The number of carbonyl (C=O) groups excluding carboxylic acids is 2. The summed E-state index contributed by atoms with van der Waals surface area (Å²) in [6.07, 6.45) is 0.110. The van der Waals surface area contributed by atoms with Gasteiger partial charge in [0.05, 0.1) is 26.2 Å². The Balaban J connectivity index is 1.64. The third-order valence-corrected chi connectivity index (χ3v) is 4.79. The van der Waals surface area contributed by atoms with E-state index in [2.05, 4.69) is 0 Å². The molecule has 2 fully saturated rings. The van der Waals surface area contributed by atoms with Crippen LogP contribution in [0.3, 0.4) is 0 Å². The Morgan fingerprint density at radius 2 is 2.04 bits per heavy atom. The Labute approximate surface area is 151 Å². The van der Waals surface area contributed by atoms with Crippen LogP contribution in [0.15, 0.2) is 24.3 Å². The summed E-state index contributed by atoms with van der Waals surface area (Å²) in [6.45, 7) is 1.24.